The van der Waals surface area contributed by atoms with Gasteiger partial charge in [-0.2, -0.15) is 10.5 Å². The SMILES string of the molecule is COC(=C(C#N)C#N)c1ccc2ccc(-c3c(F)cccc3F)nc2c1. The molecule has 126 valence electrons. The number of benzene rings is 2. The second kappa shape index (κ2) is 7.00. The average Bonchev–Trinajstić information content (AvgIpc) is 2.65. The standard InChI is InChI=1S/C20H11F2N3O/c1-26-20(14(10-23)11-24)13-6-5-12-7-8-17(25-18(12)9-13)19-15(21)3-2-4-16(19)22/h2-9H,1H3. The zero-order valence-corrected chi connectivity index (χ0v) is 13.6. The number of nitrogens with zero attached hydrogens (tertiary/aromatic N) is 3. The van der Waals surface area contributed by atoms with Crippen LogP contribution in [0.2, 0.25) is 0 Å². The molecule has 1 heterocycles. The van der Waals surface area contributed by atoms with Gasteiger partial charge >= 0.3 is 0 Å². The van der Waals surface area contributed by atoms with E-state index in [9.17, 15) is 8.78 Å². The molecule has 0 spiro atoms. The minimum absolute atomic E-state index is 0.112. The molecule has 0 unspecified atom stereocenters. The van der Waals surface area contributed by atoms with Crippen molar-refractivity contribution in [3.8, 4) is 23.4 Å². The van der Waals surface area contributed by atoms with Gasteiger partial charge < -0.3 is 4.74 Å². The van der Waals surface area contributed by atoms with Gasteiger partial charge in [0.05, 0.1) is 23.9 Å². The average molecular weight is 347 g/mol. The Morgan fingerprint density at radius 3 is 2.27 bits per heavy atom. The molecule has 0 bridgehead atoms. The third-order valence-electron chi connectivity index (χ3n) is 3.83. The van der Waals surface area contributed by atoms with E-state index in [-0.39, 0.29) is 22.6 Å². The summed E-state index contributed by atoms with van der Waals surface area (Å²) in [6, 6.07) is 15.4. The number of rotatable bonds is 3. The van der Waals surface area contributed by atoms with E-state index in [1.54, 1.807) is 36.4 Å². The van der Waals surface area contributed by atoms with Gasteiger partial charge in [0.1, 0.15) is 23.8 Å². The molecule has 6 heteroatoms. The lowest BCUT2D eigenvalue weighted by atomic mass is 10.0. The zero-order valence-electron chi connectivity index (χ0n) is 13.6. The van der Waals surface area contributed by atoms with Crippen molar-refractivity contribution < 1.29 is 13.5 Å². The van der Waals surface area contributed by atoms with Crippen LogP contribution in [0, 0.1) is 34.3 Å². The van der Waals surface area contributed by atoms with E-state index in [2.05, 4.69) is 4.98 Å². The molecule has 26 heavy (non-hydrogen) atoms. The lowest BCUT2D eigenvalue weighted by Crippen LogP contribution is -1.95. The molecule has 0 saturated carbocycles. The number of nitriles is 2. The molecule has 0 saturated heterocycles. The molecule has 3 aromatic rings. The van der Waals surface area contributed by atoms with Crippen LogP contribution in [0.1, 0.15) is 5.56 Å². The predicted molar refractivity (Wildman–Crippen MR) is 92.3 cm³/mol. The number of halogens is 2. The van der Waals surface area contributed by atoms with Crippen molar-refractivity contribution >= 4 is 16.7 Å². The van der Waals surface area contributed by atoms with Crippen LogP contribution < -0.4 is 0 Å². The molecule has 0 atom stereocenters. The molecule has 2 aromatic carbocycles. The van der Waals surface area contributed by atoms with Gasteiger partial charge in [-0.3, -0.25) is 0 Å². The first-order valence-corrected chi connectivity index (χ1v) is 7.53. The van der Waals surface area contributed by atoms with Crippen LogP contribution in [0.4, 0.5) is 8.78 Å². The van der Waals surface area contributed by atoms with Gasteiger partial charge in [-0.1, -0.05) is 24.3 Å². The summed E-state index contributed by atoms with van der Waals surface area (Å²) in [5.74, 6) is -1.30. The summed E-state index contributed by atoms with van der Waals surface area (Å²) >= 11 is 0. The first kappa shape index (κ1) is 17.1. The Bertz CT molecular complexity index is 1090. The summed E-state index contributed by atoms with van der Waals surface area (Å²) in [5, 5.41) is 18.8. The zero-order chi connectivity index (χ0) is 18.7. The summed E-state index contributed by atoms with van der Waals surface area (Å²) in [4.78, 5) is 4.33. The number of methoxy groups -OCH3 is 1. The fraction of sp³-hybridized carbons (Fsp3) is 0.0500. The van der Waals surface area contributed by atoms with E-state index < -0.39 is 11.6 Å². The van der Waals surface area contributed by atoms with Gasteiger partial charge in [-0.05, 0) is 24.3 Å². The number of hydrogen-bond acceptors (Lipinski definition) is 4. The number of aromatic nitrogens is 1. The number of ether oxygens (including phenoxy) is 1. The summed E-state index contributed by atoms with van der Waals surface area (Å²) in [6.07, 6.45) is 0. The maximum atomic E-state index is 14.0. The van der Waals surface area contributed by atoms with Crippen LogP contribution in [0.5, 0.6) is 0 Å². The highest BCUT2D eigenvalue weighted by Gasteiger charge is 2.14. The maximum Gasteiger partial charge on any atom is 0.172 e. The smallest absolute Gasteiger partial charge is 0.172 e. The van der Waals surface area contributed by atoms with E-state index in [1.165, 1.54) is 31.4 Å². The monoisotopic (exact) mass is 347 g/mol. The van der Waals surface area contributed by atoms with Crippen LogP contribution in [0.15, 0.2) is 54.1 Å². The van der Waals surface area contributed by atoms with E-state index in [0.29, 0.717) is 11.1 Å². The molecular weight excluding hydrogens is 336 g/mol. The van der Waals surface area contributed by atoms with Gasteiger partial charge in [-0.25, -0.2) is 13.8 Å². The Hall–Kier alpha value is -3.77. The molecule has 0 amide bonds. The van der Waals surface area contributed by atoms with Crippen LogP contribution in [-0.2, 0) is 4.74 Å². The first-order chi connectivity index (χ1) is 12.6. The van der Waals surface area contributed by atoms with Gasteiger partial charge in [0.15, 0.2) is 11.3 Å². The Morgan fingerprint density at radius 1 is 1.00 bits per heavy atom. The fourth-order valence-electron chi connectivity index (χ4n) is 2.63. The van der Waals surface area contributed by atoms with Gasteiger partial charge in [0.25, 0.3) is 0 Å². The molecule has 0 aliphatic heterocycles. The van der Waals surface area contributed by atoms with Crippen molar-refractivity contribution in [3.05, 3.63) is 71.3 Å². The van der Waals surface area contributed by atoms with Gasteiger partial charge in [-0.15, -0.1) is 0 Å². The quantitative estimate of drug-likeness (QED) is 0.513. The fourth-order valence-corrected chi connectivity index (χ4v) is 2.63. The highest BCUT2D eigenvalue weighted by Crippen LogP contribution is 2.28. The normalized spacial score (nSPS) is 10.0. The molecule has 0 N–H and O–H groups in total. The minimum atomic E-state index is -0.707. The molecule has 0 aliphatic carbocycles. The Morgan fingerprint density at radius 2 is 1.65 bits per heavy atom. The van der Waals surface area contributed by atoms with Crippen LogP contribution in [0.3, 0.4) is 0 Å². The van der Waals surface area contributed by atoms with Crippen LogP contribution >= 0.6 is 0 Å². The van der Waals surface area contributed by atoms with E-state index in [4.69, 9.17) is 15.3 Å². The molecule has 0 fully saturated rings. The third-order valence-corrected chi connectivity index (χ3v) is 3.83. The highest BCUT2D eigenvalue weighted by molar-refractivity contribution is 5.85. The molecule has 4 nitrogen and oxygen atoms in total. The number of pyridine rings is 1. The largest absolute Gasteiger partial charge is 0.494 e. The van der Waals surface area contributed by atoms with Crippen LogP contribution in [-0.4, -0.2) is 12.1 Å². The Labute approximate surface area is 148 Å². The van der Waals surface area contributed by atoms with Crippen molar-refractivity contribution in [1.82, 2.24) is 4.98 Å². The van der Waals surface area contributed by atoms with E-state index in [1.807, 2.05) is 0 Å². The summed E-state index contributed by atoms with van der Waals surface area (Å²) < 4.78 is 33.2. The number of allylic oxidation sites excluding steroid dienone is 1. The van der Waals surface area contributed by atoms with E-state index >= 15 is 0 Å². The number of fused-ring (bicyclic) bond motifs is 1. The summed E-state index contributed by atoms with van der Waals surface area (Å²) in [7, 11) is 1.35. The number of hydrogen-bond donors (Lipinski definition) is 0. The Kier molecular flexibility index (Phi) is 4.59. The third kappa shape index (κ3) is 2.97. The van der Waals surface area contributed by atoms with Gasteiger partial charge in [0.2, 0.25) is 0 Å². The Balaban J connectivity index is 2.21. The van der Waals surface area contributed by atoms with Crippen molar-refractivity contribution in [2.45, 2.75) is 0 Å². The molecular formula is C20H11F2N3O. The van der Waals surface area contributed by atoms with Crippen molar-refractivity contribution in [2.75, 3.05) is 7.11 Å². The molecule has 0 aliphatic rings. The predicted octanol–water partition coefficient (Wildman–Crippen LogP) is 4.58. The topological polar surface area (TPSA) is 69.7 Å². The molecule has 3 rings (SSSR count). The van der Waals surface area contributed by atoms with Crippen molar-refractivity contribution in [3.63, 3.8) is 0 Å². The maximum absolute atomic E-state index is 14.0. The van der Waals surface area contributed by atoms with Crippen molar-refractivity contribution in [1.29, 1.82) is 10.5 Å². The second-order valence-electron chi connectivity index (χ2n) is 5.33. The first-order valence-electron chi connectivity index (χ1n) is 7.53. The summed E-state index contributed by atoms with van der Waals surface area (Å²) in [5.41, 5.74) is 0.679. The summed E-state index contributed by atoms with van der Waals surface area (Å²) in [6.45, 7) is 0. The lowest BCUT2D eigenvalue weighted by molar-refractivity contribution is 0.369. The molecule has 0 radical (unpaired) electrons. The van der Waals surface area contributed by atoms with Gasteiger partial charge in [0, 0.05) is 10.9 Å². The lowest BCUT2D eigenvalue weighted by Gasteiger charge is -2.09. The molecule has 1 aromatic heterocycles. The van der Waals surface area contributed by atoms with Crippen LogP contribution in [0.25, 0.3) is 27.9 Å². The van der Waals surface area contributed by atoms with Crippen molar-refractivity contribution in [2.24, 2.45) is 0 Å². The highest BCUT2D eigenvalue weighted by atomic mass is 19.1. The second-order valence-corrected chi connectivity index (χ2v) is 5.33. The van der Waals surface area contributed by atoms with E-state index in [0.717, 1.165) is 5.39 Å². The minimum Gasteiger partial charge on any atom is -0.494 e.